The van der Waals surface area contributed by atoms with Gasteiger partial charge in [-0.3, -0.25) is 9.78 Å². The second kappa shape index (κ2) is 7.81. The second-order valence-electron chi connectivity index (χ2n) is 5.75. The van der Waals surface area contributed by atoms with Gasteiger partial charge in [-0.15, -0.1) is 0 Å². The highest BCUT2D eigenvalue weighted by molar-refractivity contribution is 6.00. The first-order chi connectivity index (χ1) is 13.0. The van der Waals surface area contributed by atoms with E-state index in [1.54, 1.807) is 31.5 Å². The zero-order valence-corrected chi connectivity index (χ0v) is 15.2. The molecule has 0 aliphatic rings. The van der Waals surface area contributed by atoms with Gasteiger partial charge >= 0.3 is 5.97 Å². The number of H-pyrrole nitrogens is 1. The fourth-order valence-electron chi connectivity index (χ4n) is 2.72. The van der Waals surface area contributed by atoms with Crippen LogP contribution >= 0.6 is 0 Å². The van der Waals surface area contributed by atoms with E-state index in [2.05, 4.69) is 25.4 Å². The van der Waals surface area contributed by atoms with Crippen LogP contribution in [0.25, 0.3) is 11.4 Å². The molecular formula is C18H19N5O4. The second-order valence-corrected chi connectivity index (χ2v) is 5.75. The zero-order chi connectivity index (χ0) is 19.4. The van der Waals surface area contributed by atoms with Crippen molar-refractivity contribution in [3.05, 3.63) is 52.9 Å². The lowest BCUT2D eigenvalue weighted by Crippen LogP contribution is -2.24. The molecule has 9 nitrogen and oxygen atoms in total. The molecule has 3 heterocycles. The molecule has 0 spiro atoms. The topological polar surface area (TPSA) is 123 Å². The molecule has 0 radical (unpaired) electrons. The van der Waals surface area contributed by atoms with E-state index in [0.29, 0.717) is 34.8 Å². The number of carbonyl (C=O) groups is 2. The third-order valence-electron chi connectivity index (χ3n) is 4.10. The maximum Gasteiger partial charge on any atom is 0.339 e. The standard InChI is InChI=1S/C18H19N5O4/c1-4-12-14(18(25)26-3)10(2)15(21-12)17(24)20-9-13-22-16(23-27-13)11-5-7-19-8-6-11/h5-8,21H,4,9H2,1-3H3,(H,20,24). The van der Waals surface area contributed by atoms with E-state index in [1.165, 1.54) is 7.11 Å². The Morgan fingerprint density at radius 1 is 1.30 bits per heavy atom. The van der Waals surface area contributed by atoms with Gasteiger partial charge in [-0.1, -0.05) is 12.1 Å². The molecular weight excluding hydrogens is 350 g/mol. The van der Waals surface area contributed by atoms with Crippen LogP contribution in [-0.2, 0) is 17.7 Å². The number of aromatic nitrogens is 4. The minimum Gasteiger partial charge on any atom is -0.465 e. The van der Waals surface area contributed by atoms with Gasteiger partial charge in [0, 0.05) is 23.7 Å². The summed E-state index contributed by atoms with van der Waals surface area (Å²) < 4.78 is 9.96. The Kier molecular flexibility index (Phi) is 5.30. The number of nitrogens with zero attached hydrogens (tertiary/aromatic N) is 3. The summed E-state index contributed by atoms with van der Waals surface area (Å²) in [5, 5.41) is 6.60. The van der Waals surface area contributed by atoms with E-state index in [0.717, 1.165) is 5.56 Å². The first-order valence-corrected chi connectivity index (χ1v) is 8.36. The summed E-state index contributed by atoms with van der Waals surface area (Å²) in [7, 11) is 1.31. The van der Waals surface area contributed by atoms with E-state index in [1.807, 2.05) is 6.92 Å². The van der Waals surface area contributed by atoms with Gasteiger partial charge in [-0.05, 0) is 31.0 Å². The van der Waals surface area contributed by atoms with Crippen molar-refractivity contribution in [2.75, 3.05) is 7.11 Å². The van der Waals surface area contributed by atoms with Crippen LogP contribution in [0.3, 0.4) is 0 Å². The summed E-state index contributed by atoms with van der Waals surface area (Å²) >= 11 is 0. The van der Waals surface area contributed by atoms with Gasteiger partial charge in [0.1, 0.15) is 5.69 Å². The number of rotatable bonds is 6. The fraction of sp³-hybridized carbons (Fsp3) is 0.278. The molecule has 3 aromatic rings. The molecule has 3 aromatic heterocycles. The zero-order valence-electron chi connectivity index (χ0n) is 15.2. The summed E-state index contributed by atoms with van der Waals surface area (Å²) in [4.78, 5) is 35.6. The smallest absolute Gasteiger partial charge is 0.339 e. The molecule has 0 saturated heterocycles. The maximum absolute atomic E-state index is 12.5. The summed E-state index contributed by atoms with van der Waals surface area (Å²) in [6.07, 6.45) is 3.83. The number of carbonyl (C=O) groups excluding carboxylic acids is 2. The Morgan fingerprint density at radius 3 is 2.70 bits per heavy atom. The van der Waals surface area contributed by atoms with Crippen molar-refractivity contribution in [1.82, 2.24) is 25.4 Å². The molecule has 0 bridgehead atoms. The van der Waals surface area contributed by atoms with Gasteiger partial charge in [-0.25, -0.2) is 4.79 Å². The Hall–Kier alpha value is -3.49. The minimum absolute atomic E-state index is 0.0599. The lowest BCUT2D eigenvalue weighted by atomic mass is 10.1. The molecule has 0 fully saturated rings. The third-order valence-corrected chi connectivity index (χ3v) is 4.10. The summed E-state index contributed by atoms with van der Waals surface area (Å²) in [6.45, 7) is 3.65. The number of esters is 1. The van der Waals surface area contributed by atoms with Crippen LogP contribution in [0.2, 0.25) is 0 Å². The number of aryl methyl sites for hydroxylation is 1. The molecule has 2 N–H and O–H groups in total. The average molecular weight is 369 g/mol. The largest absolute Gasteiger partial charge is 0.465 e. The van der Waals surface area contributed by atoms with Crippen molar-refractivity contribution in [3.8, 4) is 11.4 Å². The molecule has 0 aliphatic heterocycles. The predicted octanol–water partition coefficient (Wildman–Crippen LogP) is 2.05. The van der Waals surface area contributed by atoms with Crippen LogP contribution < -0.4 is 5.32 Å². The van der Waals surface area contributed by atoms with E-state index in [9.17, 15) is 9.59 Å². The Balaban J connectivity index is 1.73. The van der Waals surface area contributed by atoms with Crippen molar-refractivity contribution in [3.63, 3.8) is 0 Å². The minimum atomic E-state index is -0.474. The van der Waals surface area contributed by atoms with E-state index in [4.69, 9.17) is 9.26 Å². The van der Waals surface area contributed by atoms with E-state index >= 15 is 0 Å². The monoisotopic (exact) mass is 369 g/mol. The third kappa shape index (κ3) is 3.71. The SMILES string of the molecule is CCc1[nH]c(C(=O)NCc2nc(-c3ccncc3)no2)c(C)c1C(=O)OC. The molecule has 0 aliphatic carbocycles. The van der Waals surface area contributed by atoms with Crippen molar-refractivity contribution >= 4 is 11.9 Å². The van der Waals surface area contributed by atoms with Gasteiger partial charge in [0.25, 0.3) is 5.91 Å². The normalized spacial score (nSPS) is 10.6. The number of nitrogens with one attached hydrogen (secondary N) is 2. The first kappa shape index (κ1) is 18.3. The molecule has 0 unspecified atom stereocenters. The van der Waals surface area contributed by atoms with Crippen LogP contribution in [0.15, 0.2) is 29.0 Å². The molecule has 0 atom stereocenters. The number of pyridine rings is 1. The molecule has 3 rings (SSSR count). The predicted molar refractivity (Wildman–Crippen MR) is 94.9 cm³/mol. The van der Waals surface area contributed by atoms with Gasteiger partial charge in [-0.2, -0.15) is 4.98 Å². The number of methoxy groups -OCH3 is 1. The summed E-state index contributed by atoms with van der Waals surface area (Å²) in [5.74, 6) is -0.165. The van der Waals surface area contributed by atoms with Crippen molar-refractivity contribution in [2.45, 2.75) is 26.8 Å². The Labute approximate surface area is 155 Å². The van der Waals surface area contributed by atoms with E-state index < -0.39 is 5.97 Å². The molecule has 140 valence electrons. The van der Waals surface area contributed by atoms with Crippen LogP contribution in [0.5, 0.6) is 0 Å². The van der Waals surface area contributed by atoms with Gasteiger partial charge < -0.3 is 19.6 Å². The molecule has 9 heteroatoms. The van der Waals surface area contributed by atoms with Crippen LogP contribution in [0.4, 0.5) is 0 Å². The van der Waals surface area contributed by atoms with Crippen molar-refractivity contribution in [1.29, 1.82) is 0 Å². The summed E-state index contributed by atoms with van der Waals surface area (Å²) in [5.41, 5.74) is 2.66. The summed E-state index contributed by atoms with van der Waals surface area (Å²) in [6, 6.07) is 3.52. The first-order valence-electron chi connectivity index (χ1n) is 8.36. The number of amides is 1. The molecule has 0 saturated carbocycles. The van der Waals surface area contributed by atoms with Gasteiger partial charge in [0.05, 0.1) is 19.2 Å². The quantitative estimate of drug-likeness (QED) is 0.637. The van der Waals surface area contributed by atoms with Gasteiger partial charge in [0.15, 0.2) is 0 Å². The Morgan fingerprint density at radius 2 is 2.04 bits per heavy atom. The fourth-order valence-corrected chi connectivity index (χ4v) is 2.72. The highest BCUT2D eigenvalue weighted by atomic mass is 16.5. The average Bonchev–Trinajstić information content (AvgIpc) is 3.30. The number of hydrogen-bond donors (Lipinski definition) is 2. The van der Waals surface area contributed by atoms with Crippen molar-refractivity contribution < 1.29 is 18.8 Å². The van der Waals surface area contributed by atoms with Crippen LogP contribution in [0, 0.1) is 6.92 Å². The molecule has 27 heavy (non-hydrogen) atoms. The maximum atomic E-state index is 12.5. The Bertz CT molecular complexity index is 962. The highest BCUT2D eigenvalue weighted by Gasteiger charge is 2.23. The lowest BCUT2D eigenvalue weighted by molar-refractivity contribution is 0.0599. The lowest BCUT2D eigenvalue weighted by Gasteiger charge is -2.02. The van der Waals surface area contributed by atoms with Crippen molar-refractivity contribution in [2.24, 2.45) is 0 Å². The highest BCUT2D eigenvalue weighted by Crippen LogP contribution is 2.20. The van der Waals surface area contributed by atoms with E-state index in [-0.39, 0.29) is 18.3 Å². The van der Waals surface area contributed by atoms with Crippen LogP contribution in [0.1, 0.15) is 44.9 Å². The molecule has 1 amide bonds. The number of aromatic amines is 1. The van der Waals surface area contributed by atoms with Crippen LogP contribution in [-0.4, -0.2) is 39.1 Å². The molecule has 0 aromatic carbocycles. The van der Waals surface area contributed by atoms with Gasteiger partial charge in [0.2, 0.25) is 11.7 Å². The number of ether oxygens (including phenoxy) is 1. The number of hydrogen-bond acceptors (Lipinski definition) is 7.